The van der Waals surface area contributed by atoms with Gasteiger partial charge >= 0.3 is 0 Å². The molecule has 2 aromatic carbocycles. The van der Waals surface area contributed by atoms with E-state index in [0.29, 0.717) is 17.9 Å². The monoisotopic (exact) mass is 417 g/mol. The first-order valence-electron chi connectivity index (χ1n) is 10.2. The molecule has 1 amide bonds. The van der Waals surface area contributed by atoms with Crippen molar-refractivity contribution in [3.63, 3.8) is 0 Å². The number of carbonyl (C=O) groups is 1. The Kier molecular flexibility index (Phi) is 5.58. The van der Waals surface area contributed by atoms with Crippen LogP contribution in [0.5, 0.6) is 5.75 Å². The lowest BCUT2D eigenvalue weighted by molar-refractivity contribution is -0.904. The highest BCUT2D eigenvalue weighted by Crippen LogP contribution is 2.32. The van der Waals surface area contributed by atoms with Crippen LogP contribution in [0.4, 0.5) is 0 Å². The minimum Gasteiger partial charge on any atom is -0.493 e. The van der Waals surface area contributed by atoms with Crippen LogP contribution in [0, 0.1) is 0 Å². The average molecular weight is 417 g/mol. The van der Waals surface area contributed by atoms with E-state index in [4.69, 9.17) is 4.74 Å². The van der Waals surface area contributed by atoms with Gasteiger partial charge in [-0.1, -0.05) is 30.3 Å². The van der Waals surface area contributed by atoms with Gasteiger partial charge in [0, 0.05) is 22.9 Å². The summed E-state index contributed by atoms with van der Waals surface area (Å²) in [7, 11) is 1.75. The number of amides is 1. The topological polar surface area (TPSA) is 82.3 Å². The summed E-state index contributed by atoms with van der Waals surface area (Å²) >= 11 is 0. The highest BCUT2D eigenvalue weighted by molar-refractivity contribution is 5.96. The molecule has 7 nitrogen and oxygen atoms in total. The van der Waals surface area contributed by atoms with Gasteiger partial charge in [-0.3, -0.25) is 15.1 Å². The van der Waals surface area contributed by atoms with Crippen LogP contribution in [-0.4, -0.2) is 39.9 Å². The Balaban J connectivity index is 1.67. The molecule has 31 heavy (non-hydrogen) atoms. The third-order valence-electron chi connectivity index (χ3n) is 5.46. The number of nitrogens with one attached hydrogen (secondary N) is 1. The van der Waals surface area contributed by atoms with Crippen molar-refractivity contribution in [1.29, 1.82) is 0 Å². The van der Waals surface area contributed by atoms with E-state index in [1.54, 1.807) is 36.6 Å². The Morgan fingerprint density at radius 2 is 2.00 bits per heavy atom. The molecular weight excluding hydrogens is 392 g/mol. The molecule has 2 heterocycles. The van der Waals surface area contributed by atoms with Gasteiger partial charge in [0.2, 0.25) is 12.4 Å². The van der Waals surface area contributed by atoms with Crippen LogP contribution in [0.1, 0.15) is 35.8 Å². The standard InChI is InChI=1S/C24H24N4O3/c1-4-31-22-12-18(10-11-20(22)17-8-6-5-7-9-17)24(29)27(3)16(2)21-15-28(30)14-19-13-25-26-23(19)21/h5-16,30H,4H2,1-3H3/p+1. The van der Waals surface area contributed by atoms with Gasteiger partial charge in [-0.2, -0.15) is 5.10 Å². The number of hydrogen-bond acceptors (Lipinski definition) is 4. The normalized spacial score (nSPS) is 12.0. The van der Waals surface area contributed by atoms with E-state index in [-0.39, 0.29) is 11.9 Å². The zero-order chi connectivity index (χ0) is 22.0. The molecule has 2 aromatic heterocycles. The third-order valence-corrected chi connectivity index (χ3v) is 5.46. The number of pyridine rings is 1. The fourth-order valence-electron chi connectivity index (χ4n) is 3.70. The Bertz CT molecular complexity index is 1220. The zero-order valence-corrected chi connectivity index (χ0v) is 17.7. The van der Waals surface area contributed by atoms with Gasteiger partial charge in [0.05, 0.1) is 35.3 Å². The van der Waals surface area contributed by atoms with Crippen molar-refractivity contribution in [3.8, 4) is 16.9 Å². The maximum absolute atomic E-state index is 13.3. The minimum atomic E-state index is -0.306. The number of benzene rings is 2. The van der Waals surface area contributed by atoms with E-state index in [1.807, 2.05) is 56.3 Å². The van der Waals surface area contributed by atoms with Crippen LogP contribution in [0.15, 0.2) is 67.1 Å². The summed E-state index contributed by atoms with van der Waals surface area (Å²) in [5, 5.41) is 17.8. The summed E-state index contributed by atoms with van der Waals surface area (Å²) in [6.45, 7) is 4.34. The van der Waals surface area contributed by atoms with Crippen molar-refractivity contribution < 1.29 is 19.5 Å². The fourth-order valence-corrected chi connectivity index (χ4v) is 3.70. The predicted molar refractivity (Wildman–Crippen MR) is 117 cm³/mol. The summed E-state index contributed by atoms with van der Waals surface area (Å²) in [5.41, 5.74) is 4.06. The van der Waals surface area contributed by atoms with E-state index < -0.39 is 0 Å². The lowest BCUT2D eigenvalue weighted by atomic mass is 10.0. The molecule has 0 aliphatic heterocycles. The molecule has 7 heteroatoms. The molecule has 1 atom stereocenters. The number of hydrogen-bond donors (Lipinski definition) is 2. The van der Waals surface area contributed by atoms with Crippen LogP contribution in [0.3, 0.4) is 0 Å². The maximum Gasteiger partial charge on any atom is 0.254 e. The Labute approximate surface area is 180 Å². The summed E-state index contributed by atoms with van der Waals surface area (Å²) in [6.07, 6.45) is 4.78. The smallest absolute Gasteiger partial charge is 0.254 e. The number of aromatic nitrogens is 3. The molecular formula is C24H25N4O3+. The van der Waals surface area contributed by atoms with Gasteiger partial charge in [-0.05, 0) is 37.6 Å². The number of ether oxygens (including phenoxy) is 1. The molecule has 0 fully saturated rings. The number of rotatable bonds is 6. The Morgan fingerprint density at radius 1 is 1.23 bits per heavy atom. The Hall–Kier alpha value is -3.87. The molecule has 0 saturated carbocycles. The van der Waals surface area contributed by atoms with E-state index in [1.165, 1.54) is 0 Å². The fraction of sp³-hybridized carbons (Fsp3) is 0.208. The molecule has 0 aliphatic carbocycles. The van der Waals surface area contributed by atoms with Gasteiger partial charge in [0.1, 0.15) is 5.75 Å². The van der Waals surface area contributed by atoms with Crippen LogP contribution < -0.4 is 9.47 Å². The molecule has 0 bridgehead atoms. The van der Waals surface area contributed by atoms with Gasteiger partial charge < -0.3 is 9.64 Å². The first-order chi connectivity index (χ1) is 15.0. The second-order valence-corrected chi connectivity index (χ2v) is 7.40. The van der Waals surface area contributed by atoms with Crippen molar-refractivity contribution in [3.05, 3.63) is 78.2 Å². The van der Waals surface area contributed by atoms with Gasteiger partial charge in [-0.25, -0.2) is 0 Å². The maximum atomic E-state index is 13.3. The molecule has 0 saturated heterocycles. The predicted octanol–water partition coefficient (Wildman–Crippen LogP) is 3.99. The summed E-state index contributed by atoms with van der Waals surface area (Å²) in [6, 6.07) is 15.2. The van der Waals surface area contributed by atoms with Crippen molar-refractivity contribution in [1.82, 2.24) is 15.1 Å². The quantitative estimate of drug-likeness (QED) is 0.367. The average Bonchev–Trinajstić information content (AvgIpc) is 3.26. The zero-order valence-electron chi connectivity index (χ0n) is 17.7. The van der Waals surface area contributed by atoms with Crippen molar-refractivity contribution in [2.24, 2.45) is 0 Å². The molecule has 0 aliphatic rings. The summed E-state index contributed by atoms with van der Waals surface area (Å²) in [4.78, 5) is 14.9. The molecule has 4 aromatic rings. The number of H-pyrrole nitrogens is 1. The van der Waals surface area contributed by atoms with E-state index in [2.05, 4.69) is 10.2 Å². The largest absolute Gasteiger partial charge is 0.493 e. The van der Waals surface area contributed by atoms with Gasteiger partial charge in [0.15, 0.2) is 0 Å². The summed E-state index contributed by atoms with van der Waals surface area (Å²) in [5.74, 6) is 0.526. The van der Waals surface area contributed by atoms with E-state index in [0.717, 1.165) is 32.3 Å². The molecule has 2 N–H and O–H groups in total. The Morgan fingerprint density at radius 3 is 2.74 bits per heavy atom. The first kappa shape index (κ1) is 20.4. The first-order valence-corrected chi connectivity index (χ1v) is 10.2. The number of aromatic amines is 1. The van der Waals surface area contributed by atoms with Crippen molar-refractivity contribution >= 4 is 16.8 Å². The van der Waals surface area contributed by atoms with Crippen LogP contribution >= 0.6 is 0 Å². The lowest BCUT2D eigenvalue weighted by Crippen LogP contribution is -2.34. The second-order valence-electron chi connectivity index (χ2n) is 7.40. The third kappa shape index (κ3) is 3.94. The van der Waals surface area contributed by atoms with Gasteiger partial charge in [-0.15, -0.1) is 0 Å². The molecule has 0 radical (unpaired) electrons. The highest BCUT2D eigenvalue weighted by Gasteiger charge is 2.25. The molecule has 1 unspecified atom stereocenters. The summed E-state index contributed by atoms with van der Waals surface area (Å²) < 4.78 is 6.84. The highest BCUT2D eigenvalue weighted by atomic mass is 16.5. The SMILES string of the molecule is CCOc1cc(C(=O)N(C)C(C)c2c[n+](O)cc3cn[nH]c23)ccc1-c1ccccc1. The molecule has 0 spiro atoms. The van der Waals surface area contributed by atoms with Gasteiger partial charge in [0.25, 0.3) is 5.91 Å². The lowest BCUT2D eigenvalue weighted by Gasteiger charge is -2.25. The van der Waals surface area contributed by atoms with E-state index >= 15 is 0 Å². The number of nitrogens with zero attached hydrogens (tertiary/aromatic N) is 3. The van der Waals surface area contributed by atoms with Crippen LogP contribution in [-0.2, 0) is 0 Å². The van der Waals surface area contributed by atoms with Crippen molar-refractivity contribution in [2.45, 2.75) is 19.9 Å². The molecule has 4 rings (SSSR count). The second kappa shape index (κ2) is 8.47. The van der Waals surface area contributed by atoms with Crippen molar-refractivity contribution in [2.75, 3.05) is 13.7 Å². The minimum absolute atomic E-state index is 0.144. The van der Waals surface area contributed by atoms with Crippen LogP contribution in [0.25, 0.3) is 22.0 Å². The van der Waals surface area contributed by atoms with Crippen LogP contribution in [0.2, 0.25) is 0 Å². The molecule has 158 valence electrons. The number of carbonyl (C=O) groups excluding carboxylic acids is 1. The number of fused-ring (bicyclic) bond motifs is 1. The van der Waals surface area contributed by atoms with E-state index in [9.17, 15) is 10.0 Å².